The van der Waals surface area contributed by atoms with Crippen molar-refractivity contribution in [3.05, 3.63) is 34.9 Å². The maximum absolute atomic E-state index is 12.4. The largest absolute Gasteiger partial charge is 0.497 e. The number of ether oxygens (including phenoxy) is 1. The van der Waals surface area contributed by atoms with Gasteiger partial charge in [0, 0.05) is 43.1 Å². The van der Waals surface area contributed by atoms with Crippen molar-refractivity contribution in [1.29, 1.82) is 0 Å². The van der Waals surface area contributed by atoms with Gasteiger partial charge in [-0.05, 0) is 43.4 Å². The van der Waals surface area contributed by atoms with Crippen molar-refractivity contribution in [3.63, 3.8) is 0 Å². The molecule has 0 N–H and O–H groups in total. The lowest BCUT2D eigenvalue weighted by molar-refractivity contribution is -0.124. The molecule has 0 spiro atoms. The number of hydrogen-bond acceptors (Lipinski definition) is 3. The fourth-order valence-electron chi connectivity index (χ4n) is 4.75. The normalized spacial score (nSPS) is 30.0. The highest BCUT2D eigenvalue weighted by molar-refractivity contribution is 5.91. The van der Waals surface area contributed by atoms with E-state index in [9.17, 15) is 4.79 Å². The predicted octanol–water partition coefficient (Wildman–Crippen LogP) is 3.69. The van der Waals surface area contributed by atoms with Crippen LogP contribution in [0, 0.1) is 5.41 Å². The zero-order valence-electron chi connectivity index (χ0n) is 13.6. The number of likely N-dealkylation sites (N-methyl/N-ethyl adjacent to an activating group) is 1. The SMILES string of the molecule is COc1ccc2c(c1)N(C)CC1=C3CCC(=O)C3(C)CCC12. The summed E-state index contributed by atoms with van der Waals surface area (Å²) in [6, 6.07) is 6.42. The number of fused-ring (bicyclic) bond motifs is 4. The van der Waals surface area contributed by atoms with Gasteiger partial charge in [0.2, 0.25) is 0 Å². The molecule has 1 fully saturated rings. The van der Waals surface area contributed by atoms with Crippen LogP contribution in [-0.4, -0.2) is 26.5 Å². The maximum atomic E-state index is 12.4. The Morgan fingerprint density at radius 1 is 1.32 bits per heavy atom. The molecule has 1 aromatic rings. The minimum Gasteiger partial charge on any atom is -0.497 e. The second kappa shape index (κ2) is 4.61. The molecule has 0 saturated heterocycles. The first-order chi connectivity index (χ1) is 10.5. The highest BCUT2D eigenvalue weighted by Crippen LogP contribution is 2.56. The Balaban J connectivity index is 1.86. The number of allylic oxidation sites excluding steroid dienone is 1. The number of nitrogens with zero attached hydrogens (tertiary/aromatic N) is 1. The van der Waals surface area contributed by atoms with E-state index in [1.165, 1.54) is 22.4 Å². The molecule has 4 rings (SSSR count). The summed E-state index contributed by atoms with van der Waals surface area (Å²) in [5.41, 5.74) is 5.47. The molecule has 1 saturated carbocycles. The summed E-state index contributed by atoms with van der Waals surface area (Å²) in [5.74, 6) is 1.86. The van der Waals surface area contributed by atoms with E-state index in [1.54, 1.807) is 7.11 Å². The van der Waals surface area contributed by atoms with Gasteiger partial charge in [-0.2, -0.15) is 0 Å². The third kappa shape index (κ3) is 1.71. The Morgan fingerprint density at radius 3 is 2.91 bits per heavy atom. The summed E-state index contributed by atoms with van der Waals surface area (Å²) in [6.45, 7) is 3.12. The average molecular weight is 297 g/mol. The third-order valence-corrected chi connectivity index (χ3v) is 6.06. The first-order valence-electron chi connectivity index (χ1n) is 8.19. The molecule has 0 aromatic heterocycles. The molecule has 2 unspecified atom stereocenters. The Labute approximate surface area is 132 Å². The lowest BCUT2D eigenvalue weighted by atomic mass is 9.66. The van der Waals surface area contributed by atoms with Gasteiger partial charge in [0.25, 0.3) is 0 Å². The lowest BCUT2D eigenvalue weighted by Gasteiger charge is -2.43. The van der Waals surface area contributed by atoms with Gasteiger partial charge in [0.15, 0.2) is 0 Å². The summed E-state index contributed by atoms with van der Waals surface area (Å²) < 4.78 is 5.38. The molecule has 22 heavy (non-hydrogen) atoms. The number of carbonyl (C=O) groups excluding carboxylic acids is 1. The fraction of sp³-hybridized carbons (Fsp3) is 0.526. The van der Waals surface area contributed by atoms with Gasteiger partial charge in [0.1, 0.15) is 11.5 Å². The molecule has 0 bridgehead atoms. The number of carbonyl (C=O) groups is 1. The molecule has 1 aromatic carbocycles. The van der Waals surface area contributed by atoms with Gasteiger partial charge in [-0.3, -0.25) is 4.79 Å². The topological polar surface area (TPSA) is 29.5 Å². The van der Waals surface area contributed by atoms with Crippen molar-refractivity contribution in [3.8, 4) is 5.75 Å². The van der Waals surface area contributed by atoms with Crippen LogP contribution < -0.4 is 9.64 Å². The molecule has 0 amide bonds. The molecule has 116 valence electrons. The van der Waals surface area contributed by atoms with Crippen LogP contribution >= 0.6 is 0 Å². The molecule has 0 radical (unpaired) electrons. The number of hydrogen-bond donors (Lipinski definition) is 0. The Bertz CT molecular complexity index is 691. The van der Waals surface area contributed by atoms with Gasteiger partial charge in [-0.1, -0.05) is 11.6 Å². The Morgan fingerprint density at radius 2 is 2.14 bits per heavy atom. The molecule has 3 heteroatoms. The molecule has 1 heterocycles. The van der Waals surface area contributed by atoms with Crippen LogP contribution in [-0.2, 0) is 4.79 Å². The second-order valence-electron chi connectivity index (χ2n) is 7.13. The standard InChI is InChI=1S/C19H23NO2/c1-19-9-8-13-14-5-4-12(22-3)10-17(14)20(2)11-15(13)16(19)6-7-18(19)21/h4-5,10,13H,6-9,11H2,1-3H3. The summed E-state index contributed by atoms with van der Waals surface area (Å²) in [7, 11) is 3.86. The van der Waals surface area contributed by atoms with E-state index in [4.69, 9.17) is 4.74 Å². The highest BCUT2D eigenvalue weighted by Gasteiger charge is 2.48. The number of anilines is 1. The van der Waals surface area contributed by atoms with Crippen LogP contribution in [0.1, 0.15) is 44.1 Å². The van der Waals surface area contributed by atoms with E-state index in [-0.39, 0.29) is 5.41 Å². The monoisotopic (exact) mass is 297 g/mol. The molecule has 1 aliphatic heterocycles. The van der Waals surface area contributed by atoms with E-state index in [0.29, 0.717) is 11.7 Å². The van der Waals surface area contributed by atoms with Gasteiger partial charge in [-0.25, -0.2) is 0 Å². The van der Waals surface area contributed by atoms with Gasteiger partial charge < -0.3 is 9.64 Å². The van der Waals surface area contributed by atoms with Gasteiger partial charge >= 0.3 is 0 Å². The number of methoxy groups -OCH3 is 1. The van der Waals surface area contributed by atoms with Crippen LogP contribution in [0.3, 0.4) is 0 Å². The summed E-state index contributed by atoms with van der Waals surface area (Å²) in [6.07, 6.45) is 3.81. The highest BCUT2D eigenvalue weighted by atomic mass is 16.5. The summed E-state index contributed by atoms with van der Waals surface area (Å²) in [4.78, 5) is 14.7. The second-order valence-corrected chi connectivity index (χ2v) is 7.13. The quantitative estimate of drug-likeness (QED) is 0.740. The Hall–Kier alpha value is -1.77. The van der Waals surface area contributed by atoms with Crippen LogP contribution in [0.4, 0.5) is 5.69 Å². The molecule has 2 atom stereocenters. The van der Waals surface area contributed by atoms with E-state index >= 15 is 0 Å². The van der Waals surface area contributed by atoms with Crippen molar-refractivity contribution in [2.45, 2.75) is 38.5 Å². The molecule has 3 nitrogen and oxygen atoms in total. The van der Waals surface area contributed by atoms with Crippen LogP contribution in [0.15, 0.2) is 29.3 Å². The first-order valence-corrected chi connectivity index (χ1v) is 8.19. The average Bonchev–Trinajstić information content (AvgIpc) is 2.83. The minimum atomic E-state index is -0.170. The summed E-state index contributed by atoms with van der Waals surface area (Å²) >= 11 is 0. The lowest BCUT2D eigenvalue weighted by Crippen LogP contribution is -2.37. The third-order valence-electron chi connectivity index (χ3n) is 6.06. The van der Waals surface area contributed by atoms with Crippen molar-refractivity contribution in [2.75, 3.05) is 25.6 Å². The predicted molar refractivity (Wildman–Crippen MR) is 87.6 cm³/mol. The van der Waals surface area contributed by atoms with Crippen LogP contribution in [0.25, 0.3) is 0 Å². The van der Waals surface area contributed by atoms with Crippen molar-refractivity contribution in [1.82, 2.24) is 0 Å². The summed E-state index contributed by atoms with van der Waals surface area (Å²) in [5, 5.41) is 0. The van der Waals surface area contributed by atoms with E-state index in [2.05, 4.69) is 37.1 Å². The Kier molecular flexibility index (Phi) is 2.91. The van der Waals surface area contributed by atoms with E-state index in [0.717, 1.165) is 38.0 Å². The zero-order valence-corrected chi connectivity index (χ0v) is 13.6. The fourth-order valence-corrected chi connectivity index (χ4v) is 4.75. The van der Waals surface area contributed by atoms with Crippen molar-refractivity contribution >= 4 is 11.5 Å². The zero-order chi connectivity index (χ0) is 15.5. The molecule has 2 aliphatic carbocycles. The minimum absolute atomic E-state index is 0.170. The molecular weight excluding hydrogens is 274 g/mol. The first kappa shape index (κ1) is 13.9. The number of Topliss-reactive ketones (excluding diaryl/α,β-unsaturated/α-hetero) is 1. The van der Waals surface area contributed by atoms with Crippen molar-refractivity contribution in [2.24, 2.45) is 5.41 Å². The smallest absolute Gasteiger partial charge is 0.143 e. The van der Waals surface area contributed by atoms with Crippen LogP contribution in [0.2, 0.25) is 0 Å². The maximum Gasteiger partial charge on any atom is 0.143 e. The number of ketones is 1. The van der Waals surface area contributed by atoms with Gasteiger partial charge in [-0.15, -0.1) is 0 Å². The van der Waals surface area contributed by atoms with Crippen LogP contribution in [0.5, 0.6) is 5.75 Å². The van der Waals surface area contributed by atoms with E-state index in [1.807, 2.05) is 0 Å². The molecule has 3 aliphatic rings. The molecular formula is C19H23NO2. The number of benzene rings is 1. The number of rotatable bonds is 1. The van der Waals surface area contributed by atoms with E-state index < -0.39 is 0 Å². The van der Waals surface area contributed by atoms with Crippen molar-refractivity contribution < 1.29 is 9.53 Å². The van der Waals surface area contributed by atoms with Gasteiger partial charge in [0.05, 0.1) is 7.11 Å².